The van der Waals surface area contributed by atoms with Gasteiger partial charge in [0.15, 0.2) is 0 Å². The minimum absolute atomic E-state index is 0.425. The largest absolute Gasteiger partial charge is 0.387 e. The van der Waals surface area contributed by atoms with Crippen molar-refractivity contribution in [3.8, 4) is 0 Å². The first kappa shape index (κ1) is 14.5. The first-order valence-electron chi connectivity index (χ1n) is 7.03. The van der Waals surface area contributed by atoms with Crippen LogP contribution in [0.2, 0.25) is 0 Å². The molecule has 0 amide bonds. The quantitative estimate of drug-likeness (QED) is 0.905. The highest BCUT2D eigenvalue weighted by Crippen LogP contribution is 2.25. The van der Waals surface area contributed by atoms with E-state index in [9.17, 15) is 5.11 Å². The van der Waals surface area contributed by atoms with E-state index < -0.39 is 6.10 Å². The summed E-state index contributed by atoms with van der Waals surface area (Å²) >= 11 is 0. The summed E-state index contributed by atoms with van der Waals surface area (Å²) in [6.07, 6.45) is 0.640. The van der Waals surface area contributed by atoms with Gasteiger partial charge in [-0.2, -0.15) is 0 Å². The number of aliphatic hydroxyl groups is 1. The van der Waals surface area contributed by atoms with Gasteiger partial charge < -0.3 is 9.84 Å². The van der Waals surface area contributed by atoms with Crippen LogP contribution in [0.5, 0.6) is 0 Å². The Labute approximate surface area is 116 Å². The molecule has 2 atom stereocenters. The predicted molar refractivity (Wildman–Crippen MR) is 77.5 cm³/mol. The second-order valence-electron chi connectivity index (χ2n) is 5.79. The molecule has 0 saturated carbocycles. The predicted octanol–water partition coefficient (Wildman–Crippen LogP) is 2.37. The van der Waals surface area contributed by atoms with Gasteiger partial charge in [-0.3, -0.25) is 4.90 Å². The van der Waals surface area contributed by atoms with Crippen LogP contribution in [0.15, 0.2) is 12.1 Å². The number of nitrogens with zero attached hydrogens (tertiary/aromatic N) is 1. The van der Waals surface area contributed by atoms with E-state index in [0.29, 0.717) is 12.6 Å². The number of likely N-dealkylation sites (N-methyl/N-ethyl adjacent to an activating group) is 1. The molecule has 1 heterocycles. The third-order valence-electron chi connectivity index (χ3n) is 4.06. The van der Waals surface area contributed by atoms with Gasteiger partial charge in [0.05, 0.1) is 12.7 Å². The van der Waals surface area contributed by atoms with Gasteiger partial charge in [0.2, 0.25) is 0 Å². The standard InChI is InChI=1S/C16H25NO2/c1-11-7-12(2)16(13(3)8-11)15(18)9-17(4)14-5-6-19-10-14/h7-8,14-15,18H,5-6,9-10H2,1-4H3. The van der Waals surface area contributed by atoms with E-state index in [4.69, 9.17) is 4.74 Å². The van der Waals surface area contributed by atoms with E-state index in [2.05, 4.69) is 44.9 Å². The highest BCUT2D eigenvalue weighted by atomic mass is 16.5. The normalized spacial score (nSPS) is 21.1. The zero-order chi connectivity index (χ0) is 14.0. The van der Waals surface area contributed by atoms with E-state index >= 15 is 0 Å². The Morgan fingerprint density at radius 3 is 2.47 bits per heavy atom. The van der Waals surface area contributed by atoms with Gasteiger partial charge >= 0.3 is 0 Å². The molecule has 0 radical (unpaired) electrons. The van der Waals surface area contributed by atoms with Crippen LogP contribution in [-0.2, 0) is 4.74 Å². The summed E-state index contributed by atoms with van der Waals surface area (Å²) in [7, 11) is 2.07. The second kappa shape index (κ2) is 6.04. The van der Waals surface area contributed by atoms with Crippen LogP contribution < -0.4 is 0 Å². The number of ether oxygens (including phenoxy) is 1. The lowest BCUT2D eigenvalue weighted by molar-refractivity contribution is 0.0943. The van der Waals surface area contributed by atoms with Gasteiger partial charge in [-0.1, -0.05) is 17.7 Å². The highest BCUT2D eigenvalue weighted by Gasteiger charge is 2.23. The van der Waals surface area contributed by atoms with E-state index in [-0.39, 0.29) is 0 Å². The lowest BCUT2D eigenvalue weighted by Crippen LogP contribution is -2.35. The van der Waals surface area contributed by atoms with Crippen molar-refractivity contribution in [2.75, 3.05) is 26.8 Å². The zero-order valence-electron chi connectivity index (χ0n) is 12.4. The first-order chi connectivity index (χ1) is 8.99. The molecular weight excluding hydrogens is 238 g/mol. The smallest absolute Gasteiger partial charge is 0.0922 e. The van der Waals surface area contributed by atoms with E-state index in [1.54, 1.807) is 0 Å². The van der Waals surface area contributed by atoms with Crippen molar-refractivity contribution in [3.63, 3.8) is 0 Å². The number of aryl methyl sites for hydroxylation is 3. The van der Waals surface area contributed by atoms with Gasteiger partial charge in [-0.05, 0) is 50.9 Å². The van der Waals surface area contributed by atoms with Crippen molar-refractivity contribution >= 4 is 0 Å². The fourth-order valence-electron chi connectivity index (χ4n) is 3.10. The molecule has 2 unspecified atom stereocenters. The molecule has 1 aromatic carbocycles. The number of hydrogen-bond donors (Lipinski definition) is 1. The summed E-state index contributed by atoms with van der Waals surface area (Å²) in [4.78, 5) is 2.22. The summed E-state index contributed by atoms with van der Waals surface area (Å²) in [5, 5.41) is 10.5. The van der Waals surface area contributed by atoms with Crippen molar-refractivity contribution in [2.24, 2.45) is 0 Å². The maximum absolute atomic E-state index is 10.5. The molecule has 3 nitrogen and oxygen atoms in total. The molecule has 1 N–H and O–H groups in total. The highest BCUT2D eigenvalue weighted by molar-refractivity contribution is 5.39. The Morgan fingerprint density at radius 1 is 1.32 bits per heavy atom. The molecule has 0 spiro atoms. The number of benzene rings is 1. The van der Waals surface area contributed by atoms with Crippen molar-refractivity contribution in [1.29, 1.82) is 0 Å². The molecular formula is C16H25NO2. The minimum Gasteiger partial charge on any atom is -0.387 e. The van der Waals surface area contributed by atoms with E-state index in [1.165, 1.54) is 16.7 Å². The third-order valence-corrected chi connectivity index (χ3v) is 4.06. The minimum atomic E-state index is -0.425. The van der Waals surface area contributed by atoms with Gasteiger partial charge in [0.25, 0.3) is 0 Å². The molecule has 1 aromatic rings. The van der Waals surface area contributed by atoms with E-state index in [0.717, 1.165) is 25.2 Å². The SMILES string of the molecule is Cc1cc(C)c(C(O)CN(C)C2CCOC2)c(C)c1. The van der Waals surface area contributed by atoms with Gasteiger partial charge in [-0.25, -0.2) is 0 Å². The Balaban J connectivity index is 2.09. The lowest BCUT2D eigenvalue weighted by atomic mass is 9.95. The summed E-state index contributed by atoms with van der Waals surface area (Å²) in [5.74, 6) is 0. The Morgan fingerprint density at radius 2 is 1.95 bits per heavy atom. The van der Waals surface area contributed by atoms with Gasteiger partial charge in [-0.15, -0.1) is 0 Å². The molecule has 1 saturated heterocycles. The summed E-state index contributed by atoms with van der Waals surface area (Å²) in [6.45, 7) is 8.55. The van der Waals surface area contributed by atoms with Crippen molar-refractivity contribution < 1.29 is 9.84 Å². The summed E-state index contributed by atoms with van der Waals surface area (Å²) < 4.78 is 5.41. The van der Waals surface area contributed by atoms with Crippen LogP contribution in [0.25, 0.3) is 0 Å². The van der Waals surface area contributed by atoms with Crippen LogP contribution in [0.4, 0.5) is 0 Å². The molecule has 1 aliphatic heterocycles. The number of rotatable bonds is 4. The van der Waals surface area contributed by atoms with Crippen LogP contribution in [0.3, 0.4) is 0 Å². The molecule has 3 heteroatoms. The molecule has 0 aromatic heterocycles. The summed E-state index contributed by atoms with van der Waals surface area (Å²) in [5.41, 5.74) is 4.70. The Bertz CT molecular complexity index is 415. The first-order valence-corrected chi connectivity index (χ1v) is 7.03. The Kier molecular flexibility index (Phi) is 4.61. The Hall–Kier alpha value is -0.900. The van der Waals surface area contributed by atoms with Gasteiger partial charge in [0, 0.05) is 19.2 Å². The molecule has 1 fully saturated rings. The molecule has 19 heavy (non-hydrogen) atoms. The average molecular weight is 263 g/mol. The fraction of sp³-hybridized carbons (Fsp3) is 0.625. The topological polar surface area (TPSA) is 32.7 Å². The van der Waals surface area contributed by atoms with Crippen LogP contribution >= 0.6 is 0 Å². The third kappa shape index (κ3) is 3.35. The van der Waals surface area contributed by atoms with Crippen LogP contribution in [0, 0.1) is 20.8 Å². The maximum Gasteiger partial charge on any atom is 0.0922 e. The molecule has 0 aliphatic carbocycles. The molecule has 1 aliphatic rings. The lowest BCUT2D eigenvalue weighted by Gasteiger charge is -2.27. The van der Waals surface area contributed by atoms with Crippen molar-refractivity contribution in [3.05, 3.63) is 34.4 Å². The average Bonchev–Trinajstić information content (AvgIpc) is 2.80. The fourth-order valence-corrected chi connectivity index (χ4v) is 3.10. The summed E-state index contributed by atoms with van der Waals surface area (Å²) in [6, 6.07) is 4.73. The zero-order valence-corrected chi connectivity index (χ0v) is 12.4. The van der Waals surface area contributed by atoms with Gasteiger partial charge in [0.1, 0.15) is 0 Å². The van der Waals surface area contributed by atoms with Crippen molar-refractivity contribution in [1.82, 2.24) is 4.90 Å². The second-order valence-corrected chi connectivity index (χ2v) is 5.79. The number of aliphatic hydroxyl groups excluding tert-OH is 1. The molecule has 2 rings (SSSR count). The van der Waals surface area contributed by atoms with Crippen molar-refractivity contribution in [2.45, 2.75) is 39.3 Å². The van der Waals surface area contributed by atoms with E-state index in [1.807, 2.05) is 0 Å². The van der Waals surface area contributed by atoms with Crippen LogP contribution in [-0.4, -0.2) is 42.9 Å². The van der Waals surface area contributed by atoms with Crippen LogP contribution in [0.1, 0.15) is 34.8 Å². The monoisotopic (exact) mass is 263 g/mol. The number of hydrogen-bond acceptors (Lipinski definition) is 3. The molecule has 106 valence electrons. The maximum atomic E-state index is 10.5. The molecule has 0 bridgehead atoms.